The number of likely N-dealkylation sites (tertiary alicyclic amines) is 1. The smallest absolute Gasteiger partial charge is 0.326 e. The lowest BCUT2D eigenvalue weighted by atomic mass is 10.2. The van der Waals surface area contributed by atoms with E-state index in [0.717, 1.165) is 6.42 Å². The van der Waals surface area contributed by atoms with Crippen molar-refractivity contribution in [3.8, 4) is 0 Å². The molecule has 0 bridgehead atoms. The monoisotopic (exact) mass is 244 g/mol. The quantitative estimate of drug-likeness (QED) is 0.739. The molecule has 1 fully saturated rings. The molecular formula is C11H20N2O4. The summed E-state index contributed by atoms with van der Waals surface area (Å²) in [5.41, 5.74) is 0. The molecule has 6 heteroatoms. The Balaban J connectivity index is 2.39. The molecule has 1 aliphatic rings. The second kappa shape index (κ2) is 6.44. The van der Waals surface area contributed by atoms with Crippen molar-refractivity contribution in [3.05, 3.63) is 0 Å². The number of ether oxygens (including phenoxy) is 1. The number of amides is 2. The summed E-state index contributed by atoms with van der Waals surface area (Å²) in [6, 6.07) is -0.967. The molecule has 0 saturated carbocycles. The molecule has 1 heterocycles. The van der Waals surface area contributed by atoms with Gasteiger partial charge in [0.15, 0.2) is 0 Å². The highest BCUT2D eigenvalue weighted by Crippen LogP contribution is 2.17. The molecule has 0 aromatic carbocycles. The lowest BCUT2D eigenvalue weighted by molar-refractivity contribution is -0.141. The number of hydrogen-bond acceptors (Lipinski definition) is 3. The minimum atomic E-state index is -0.928. The number of nitrogens with one attached hydrogen (secondary N) is 1. The fourth-order valence-corrected chi connectivity index (χ4v) is 1.97. The van der Waals surface area contributed by atoms with Crippen LogP contribution >= 0.6 is 0 Å². The van der Waals surface area contributed by atoms with E-state index in [1.807, 2.05) is 6.92 Å². The number of rotatable bonds is 5. The van der Waals surface area contributed by atoms with Gasteiger partial charge in [0, 0.05) is 20.2 Å². The average Bonchev–Trinajstić information content (AvgIpc) is 2.75. The van der Waals surface area contributed by atoms with E-state index in [1.54, 1.807) is 7.11 Å². The molecule has 2 amide bonds. The van der Waals surface area contributed by atoms with Crippen molar-refractivity contribution in [1.29, 1.82) is 0 Å². The molecule has 0 aliphatic carbocycles. The van der Waals surface area contributed by atoms with Crippen molar-refractivity contribution in [2.75, 3.05) is 26.8 Å². The molecule has 0 spiro atoms. The Morgan fingerprint density at radius 1 is 1.59 bits per heavy atom. The van der Waals surface area contributed by atoms with Crippen molar-refractivity contribution in [3.63, 3.8) is 0 Å². The summed E-state index contributed by atoms with van der Waals surface area (Å²) in [5.74, 6) is -0.711. The van der Waals surface area contributed by atoms with Gasteiger partial charge in [0.2, 0.25) is 0 Å². The lowest BCUT2D eigenvalue weighted by Gasteiger charge is -2.22. The van der Waals surface area contributed by atoms with Gasteiger partial charge in [0.25, 0.3) is 0 Å². The molecule has 1 saturated heterocycles. The second-order valence-electron chi connectivity index (χ2n) is 4.44. The molecule has 0 aromatic heterocycles. The summed E-state index contributed by atoms with van der Waals surface area (Å²) in [5, 5.41) is 11.7. The summed E-state index contributed by atoms with van der Waals surface area (Å²) >= 11 is 0. The molecule has 2 atom stereocenters. The summed E-state index contributed by atoms with van der Waals surface area (Å²) < 4.78 is 4.96. The van der Waals surface area contributed by atoms with Gasteiger partial charge >= 0.3 is 12.0 Å². The molecule has 0 radical (unpaired) electrons. The van der Waals surface area contributed by atoms with Gasteiger partial charge in [-0.2, -0.15) is 0 Å². The van der Waals surface area contributed by atoms with Crippen molar-refractivity contribution < 1.29 is 19.4 Å². The summed E-state index contributed by atoms with van der Waals surface area (Å²) in [4.78, 5) is 24.1. The van der Waals surface area contributed by atoms with Gasteiger partial charge in [-0.05, 0) is 18.8 Å². The van der Waals surface area contributed by atoms with Gasteiger partial charge in [-0.25, -0.2) is 9.59 Å². The van der Waals surface area contributed by atoms with Crippen LogP contribution in [0.4, 0.5) is 4.79 Å². The number of carboxylic acids is 1. The molecule has 6 nitrogen and oxygen atoms in total. The number of hydrogen-bond donors (Lipinski definition) is 2. The van der Waals surface area contributed by atoms with Crippen LogP contribution in [-0.4, -0.2) is 54.9 Å². The third-order valence-corrected chi connectivity index (χ3v) is 2.85. The minimum absolute atomic E-state index is 0.217. The van der Waals surface area contributed by atoms with Crippen LogP contribution in [-0.2, 0) is 9.53 Å². The largest absolute Gasteiger partial charge is 0.480 e. The SMILES string of the molecule is COCC(C)CNC(=O)N1CCCC1C(=O)O. The van der Waals surface area contributed by atoms with E-state index in [4.69, 9.17) is 9.84 Å². The minimum Gasteiger partial charge on any atom is -0.480 e. The molecule has 2 unspecified atom stereocenters. The van der Waals surface area contributed by atoms with Crippen LogP contribution in [0, 0.1) is 5.92 Å². The predicted octanol–water partition coefficient (Wildman–Crippen LogP) is 0.527. The van der Waals surface area contributed by atoms with Gasteiger partial charge in [0.05, 0.1) is 6.61 Å². The lowest BCUT2D eigenvalue weighted by Crippen LogP contribution is -2.47. The van der Waals surface area contributed by atoms with Crippen LogP contribution < -0.4 is 5.32 Å². The molecule has 98 valence electrons. The number of urea groups is 1. The van der Waals surface area contributed by atoms with Crippen LogP contribution in [0.5, 0.6) is 0 Å². The zero-order valence-electron chi connectivity index (χ0n) is 10.3. The Morgan fingerprint density at radius 3 is 2.88 bits per heavy atom. The summed E-state index contributed by atoms with van der Waals surface area (Å²) in [6.07, 6.45) is 1.29. The average molecular weight is 244 g/mol. The number of carboxylic acid groups (broad SMARTS) is 1. The van der Waals surface area contributed by atoms with Crippen LogP contribution in [0.25, 0.3) is 0 Å². The normalized spacial score (nSPS) is 21.3. The van der Waals surface area contributed by atoms with Gasteiger partial charge in [-0.15, -0.1) is 0 Å². The van der Waals surface area contributed by atoms with E-state index in [2.05, 4.69) is 5.32 Å². The number of carbonyl (C=O) groups is 2. The third kappa shape index (κ3) is 3.89. The first-order valence-electron chi connectivity index (χ1n) is 5.82. The van der Waals surface area contributed by atoms with Crippen molar-refractivity contribution in [1.82, 2.24) is 10.2 Å². The highest BCUT2D eigenvalue weighted by atomic mass is 16.5. The van der Waals surface area contributed by atoms with E-state index in [-0.39, 0.29) is 11.9 Å². The van der Waals surface area contributed by atoms with Gasteiger partial charge in [0.1, 0.15) is 6.04 Å². The second-order valence-corrected chi connectivity index (χ2v) is 4.44. The highest BCUT2D eigenvalue weighted by molar-refractivity contribution is 5.83. The Morgan fingerprint density at radius 2 is 2.29 bits per heavy atom. The Kier molecular flexibility index (Phi) is 5.21. The van der Waals surface area contributed by atoms with Crippen LogP contribution in [0.3, 0.4) is 0 Å². The van der Waals surface area contributed by atoms with E-state index in [1.165, 1.54) is 4.90 Å². The molecule has 2 N–H and O–H groups in total. The van der Waals surface area contributed by atoms with Crippen LogP contribution in [0.2, 0.25) is 0 Å². The zero-order chi connectivity index (χ0) is 12.8. The van der Waals surface area contributed by atoms with Gasteiger partial charge in [-0.1, -0.05) is 6.92 Å². The zero-order valence-corrected chi connectivity index (χ0v) is 10.3. The molecule has 1 aliphatic heterocycles. The fraction of sp³-hybridized carbons (Fsp3) is 0.818. The highest BCUT2D eigenvalue weighted by Gasteiger charge is 2.33. The van der Waals surface area contributed by atoms with E-state index in [0.29, 0.717) is 26.1 Å². The maximum Gasteiger partial charge on any atom is 0.326 e. The van der Waals surface area contributed by atoms with Crippen molar-refractivity contribution in [2.24, 2.45) is 5.92 Å². The Labute approximate surface area is 101 Å². The predicted molar refractivity (Wildman–Crippen MR) is 61.8 cm³/mol. The third-order valence-electron chi connectivity index (χ3n) is 2.85. The van der Waals surface area contributed by atoms with Crippen molar-refractivity contribution in [2.45, 2.75) is 25.8 Å². The van der Waals surface area contributed by atoms with E-state index in [9.17, 15) is 9.59 Å². The van der Waals surface area contributed by atoms with E-state index >= 15 is 0 Å². The first-order valence-corrected chi connectivity index (χ1v) is 5.82. The summed E-state index contributed by atoms with van der Waals surface area (Å²) in [7, 11) is 1.61. The number of carbonyl (C=O) groups excluding carboxylic acids is 1. The molecule has 0 aromatic rings. The van der Waals surface area contributed by atoms with Crippen LogP contribution in [0.1, 0.15) is 19.8 Å². The first-order chi connectivity index (χ1) is 8.06. The Bertz CT molecular complexity index is 283. The number of aliphatic carboxylic acids is 1. The first kappa shape index (κ1) is 13.8. The van der Waals surface area contributed by atoms with Crippen molar-refractivity contribution >= 4 is 12.0 Å². The maximum absolute atomic E-state index is 11.8. The topological polar surface area (TPSA) is 78.9 Å². The molecular weight excluding hydrogens is 224 g/mol. The molecule has 17 heavy (non-hydrogen) atoms. The Hall–Kier alpha value is -1.30. The number of methoxy groups -OCH3 is 1. The number of nitrogens with zero attached hydrogens (tertiary/aromatic N) is 1. The fourth-order valence-electron chi connectivity index (χ4n) is 1.97. The standard InChI is InChI=1S/C11H20N2O4/c1-8(7-17-2)6-12-11(16)13-5-3-4-9(13)10(14)15/h8-9H,3-7H2,1-2H3,(H,12,16)(H,14,15). The maximum atomic E-state index is 11.8. The molecule has 1 rings (SSSR count). The summed E-state index contributed by atoms with van der Waals surface area (Å²) in [6.45, 7) is 3.54. The van der Waals surface area contributed by atoms with Gasteiger partial charge in [-0.3, -0.25) is 0 Å². The van der Waals surface area contributed by atoms with Gasteiger partial charge < -0.3 is 20.1 Å². The van der Waals surface area contributed by atoms with E-state index < -0.39 is 12.0 Å². The van der Waals surface area contributed by atoms with Crippen LogP contribution in [0.15, 0.2) is 0 Å².